The Balaban J connectivity index is 1.68. The number of hydrogen-bond acceptors (Lipinski definition) is 3. The van der Waals surface area contributed by atoms with Crippen LogP contribution in [0.15, 0.2) is 24.5 Å². The molecule has 3 heteroatoms. The number of hydrogen-bond donors (Lipinski definition) is 1. The van der Waals surface area contributed by atoms with Gasteiger partial charge < -0.3 is 10.1 Å². The van der Waals surface area contributed by atoms with Crippen molar-refractivity contribution in [1.29, 1.82) is 0 Å². The Morgan fingerprint density at radius 3 is 2.81 bits per heavy atom. The molecule has 3 nitrogen and oxygen atoms in total. The molecule has 0 amide bonds. The van der Waals surface area contributed by atoms with Crippen LogP contribution in [-0.4, -0.2) is 29.8 Å². The summed E-state index contributed by atoms with van der Waals surface area (Å²) < 4.78 is 6.20. The van der Waals surface area contributed by atoms with Gasteiger partial charge >= 0.3 is 0 Å². The van der Waals surface area contributed by atoms with Crippen molar-refractivity contribution >= 4 is 0 Å². The van der Waals surface area contributed by atoms with Gasteiger partial charge in [-0.25, -0.2) is 0 Å². The lowest BCUT2D eigenvalue weighted by atomic mass is 9.79. The number of pyridine rings is 1. The van der Waals surface area contributed by atoms with E-state index in [9.17, 15) is 0 Å². The molecule has 1 spiro atoms. The van der Waals surface area contributed by atoms with Gasteiger partial charge in [-0.15, -0.1) is 0 Å². The first-order valence-corrected chi connectivity index (χ1v) is 8.57. The molecule has 1 saturated carbocycles. The fourth-order valence-electron chi connectivity index (χ4n) is 4.22. The van der Waals surface area contributed by atoms with E-state index in [0.717, 1.165) is 25.5 Å². The van der Waals surface area contributed by atoms with Gasteiger partial charge in [0, 0.05) is 25.0 Å². The minimum absolute atomic E-state index is 0.217. The van der Waals surface area contributed by atoms with Crippen molar-refractivity contribution in [1.82, 2.24) is 10.3 Å². The number of ether oxygens (including phenoxy) is 1. The van der Waals surface area contributed by atoms with Gasteiger partial charge in [-0.05, 0) is 62.3 Å². The second-order valence-electron chi connectivity index (χ2n) is 6.72. The third-order valence-corrected chi connectivity index (χ3v) is 5.29. The zero-order valence-electron chi connectivity index (χ0n) is 13.2. The predicted octanol–water partition coefficient (Wildman–Crippen LogP) is 3.34. The smallest absolute Gasteiger partial charge is 0.0685 e. The Morgan fingerprint density at radius 2 is 2.10 bits per heavy atom. The zero-order valence-corrected chi connectivity index (χ0v) is 13.2. The molecule has 2 fully saturated rings. The van der Waals surface area contributed by atoms with E-state index in [1.807, 2.05) is 12.4 Å². The molecular formula is C18H28N2O. The third-order valence-electron chi connectivity index (χ3n) is 5.29. The molecule has 1 aromatic rings. The van der Waals surface area contributed by atoms with Crippen LogP contribution in [0.1, 0.15) is 51.0 Å². The second kappa shape index (κ2) is 6.89. The topological polar surface area (TPSA) is 34.2 Å². The number of likely N-dealkylation sites (N-methyl/N-ethyl adjacent to an activating group) is 1. The fraction of sp³-hybridized carbons (Fsp3) is 0.722. The minimum Gasteiger partial charge on any atom is -0.375 e. The van der Waals surface area contributed by atoms with Crippen molar-refractivity contribution in [3.05, 3.63) is 30.1 Å². The maximum Gasteiger partial charge on any atom is 0.0685 e. The van der Waals surface area contributed by atoms with E-state index in [1.165, 1.54) is 44.1 Å². The number of aromatic nitrogens is 1. The third kappa shape index (κ3) is 3.64. The Kier molecular flexibility index (Phi) is 4.91. The molecule has 116 valence electrons. The average Bonchev–Trinajstić information content (AvgIpc) is 2.96. The van der Waals surface area contributed by atoms with Gasteiger partial charge in [0.15, 0.2) is 0 Å². The molecule has 21 heavy (non-hydrogen) atoms. The first kappa shape index (κ1) is 15.0. The lowest BCUT2D eigenvalue weighted by molar-refractivity contribution is -0.0978. The fourth-order valence-corrected chi connectivity index (χ4v) is 4.22. The molecular weight excluding hydrogens is 260 g/mol. The molecule has 1 aliphatic carbocycles. The molecule has 1 saturated heterocycles. The van der Waals surface area contributed by atoms with Crippen LogP contribution in [0.4, 0.5) is 0 Å². The van der Waals surface area contributed by atoms with Gasteiger partial charge in [0.1, 0.15) is 0 Å². The van der Waals surface area contributed by atoms with Crippen LogP contribution in [0.25, 0.3) is 0 Å². The van der Waals surface area contributed by atoms with Crippen LogP contribution in [0.2, 0.25) is 0 Å². The molecule has 0 bridgehead atoms. The maximum absolute atomic E-state index is 6.20. The van der Waals surface area contributed by atoms with Crippen molar-refractivity contribution in [2.24, 2.45) is 5.92 Å². The molecule has 2 heterocycles. The van der Waals surface area contributed by atoms with Crippen LogP contribution in [0.3, 0.4) is 0 Å². The van der Waals surface area contributed by atoms with E-state index in [-0.39, 0.29) is 5.60 Å². The highest BCUT2D eigenvalue weighted by Gasteiger charge is 2.41. The van der Waals surface area contributed by atoms with E-state index in [4.69, 9.17) is 4.74 Å². The molecule has 0 aromatic carbocycles. The van der Waals surface area contributed by atoms with Crippen LogP contribution in [0, 0.1) is 5.92 Å². The van der Waals surface area contributed by atoms with Crippen molar-refractivity contribution in [2.75, 3.05) is 13.2 Å². The lowest BCUT2D eigenvalue weighted by Crippen LogP contribution is -2.46. The maximum atomic E-state index is 6.20. The summed E-state index contributed by atoms with van der Waals surface area (Å²) in [5.41, 5.74) is 1.61. The second-order valence-corrected chi connectivity index (χ2v) is 6.72. The van der Waals surface area contributed by atoms with Crippen molar-refractivity contribution in [3.8, 4) is 0 Å². The molecule has 2 atom stereocenters. The van der Waals surface area contributed by atoms with Crippen molar-refractivity contribution in [2.45, 2.75) is 63.5 Å². The molecule has 1 aliphatic heterocycles. The number of nitrogens with one attached hydrogen (secondary N) is 1. The molecule has 2 aliphatic rings. The minimum atomic E-state index is 0.217. The van der Waals surface area contributed by atoms with Gasteiger partial charge in [-0.2, -0.15) is 0 Å². The standard InChI is InChI=1S/C18H28N2O/c1-2-20-17(13-15-5-10-19-11-6-15)16-7-12-21-18(14-16)8-3-4-9-18/h5-6,10-11,16-17,20H,2-4,7-9,12-14H2,1H3. The SMILES string of the molecule is CCNC(Cc1ccncc1)C1CCOC2(CCCC2)C1. The van der Waals surface area contributed by atoms with Gasteiger partial charge in [0.2, 0.25) is 0 Å². The summed E-state index contributed by atoms with van der Waals surface area (Å²) in [7, 11) is 0. The molecule has 2 unspecified atom stereocenters. The summed E-state index contributed by atoms with van der Waals surface area (Å²) in [4.78, 5) is 4.13. The quantitative estimate of drug-likeness (QED) is 0.902. The van der Waals surface area contributed by atoms with E-state index in [1.54, 1.807) is 0 Å². The van der Waals surface area contributed by atoms with Gasteiger partial charge in [-0.3, -0.25) is 4.98 Å². The first-order valence-electron chi connectivity index (χ1n) is 8.57. The zero-order chi connectivity index (χ0) is 14.5. The summed E-state index contributed by atoms with van der Waals surface area (Å²) in [6.45, 7) is 4.20. The largest absolute Gasteiger partial charge is 0.375 e. The van der Waals surface area contributed by atoms with Crippen molar-refractivity contribution in [3.63, 3.8) is 0 Å². The molecule has 3 rings (SSSR count). The summed E-state index contributed by atoms with van der Waals surface area (Å²) >= 11 is 0. The predicted molar refractivity (Wildman–Crippen MR) is 85.3 cm³/mol. The normalized spacial score (nSPS) is 26.0. The summed E-state index contributed by atoms with van der Waals surface area (Å²) in [6, 6.07) is 4.86. The summed E-state index contributed by atoms with van der Waals surface area (Å²) in [6.07, 6.45) is 12.6. The van der Waals surface area contributed by atoms with Gasteiger partial charge in [0.05, 0.1) is 5.60 Å². The molecule has 1 aromatic heterocycles. The van der Waals surface area contributed by atoms with Crippen LogP contribution >= 0.6 is 0 Å². The number of rotatable bonds is 5. The highest BCUT2D eigenvalue weighted by molar-refractivity contribution is 5.12. The Hall–Kier alpha value is -0.930. The first-order chi connectivity index (χ1) is 10.3. The van der Waals surface area contributed by atoms with Gasteiger partial charge in [-0.1, -0.05) is 19.8 Å². The van der Waals surface area contributed by atoms with Crippen LogP contribution in [0.5, 0.6) is 0 Å². The average molecular weight is 288 g/mol. The highest BCUT2D eigenvalue weighted by atomic mass is 16.5. The lowest BCUT2D eigenvalue weighted by Gasteiger charge is -2.41. The van der Waals surface area contributed by atoms with Crippen LogP contribution < -0.4 is 5.32 Å². The van der Waals surface area contributed by atoms with E-state index in [0.29, 0.717) is 6.04 Å². The van der Waals surface area contributed by atoms with Crippen molar-refractivity contribution < 1.29 is 4.74 Å². The number of nitrogens with zero attached hydrogens (tertiary/aromatic N) is 1. The van der Waals surface area contributed by atoms with Crippen LogP contribution in [-0.2, 0) is 11.2 Å². The molecule has 1 N–H and O–H groups in total. The monoisotopic (exact) mass is 288 g/mol. The summed E-state index contributed by atoms with van der Waals surface area (Å²) in [5.74, 6) is 0.741. The van der Waals surface area contributed by atoms with Gasteiger partial charge in [0.25, 0.3) is 0 Å². The Bertz CT molecular complexity index is 428. The summed E-state index contributed by atoms with van der Waals surface area (Å²) in [5, 5.41) is 3.73. The Morgan fingerprint density at radius 1 is 1.33 bits per heavy atom. The highest BCUT2D eigenvalue weighted by Crippen LogP contribution is 2.43. The van der Waals surface area contributed by atoms with E-state index in [2.05, 4.69) is 29.4 Å². The Labute approximate surface area is 128 Å². The van der Waals surface area contributed by atoms with E-state index >= 15 is 0 Å². The van der Waals surface area contributed by atoms with E-state index < -0.39 is 0 Å². The molecule has 0 radical (unpaired) electrons.